The fourth-order valence-corrected chi connectivity index (χ4v) is 2.57. The summed E-state index contributed by atoms with van der Waals surface area (Å²) < 4.78 is 2.01. The average Bonchev–Trinajstić information content (AvgIpc) is 2.75. The van der Waals surface area contributed by atoms with Gasteiger partial charge in [-0.15, -0.1) is 0 Å². The zero-order valence-electron chi connectivity index (χ0n) is 13.7. The molecule has 0 fully saturated rings. The molecule has 0 amide bonds. The second kappa shape index (κ2) is 7.40. The summed E-state index contributed by atoms with van der Waals surface area (Å²) in [5, 5.41) is 11.8. The van der Waals surface area contributed by atoms with Gasteiger partial charge in [-0.05, 0) is 45.0 Å². The van der Waals surface area contributed by atoms with E-state index in [4.69, 9.17) is 12.2 Å². The van der Waals surface area contributed by atoms with Crippen LogP contribution < -0.4 is 10.6 Å². The molecule has 2 N–H and O–H groups in total. The number of anilines is 1. The minimum Gasteiger partial charge on any atom is -0.360 e. The van der Waals surface area contributed by atoms with Gasteiger partial charge in [0.05, 0.1) is 23.6 Å². The molecule has 2 aromatic rings. The molecule has 1 unspecified atom stereocenters. The van der Waals surface area contributed by atoms with Gasteiger partial charge in [-0.3, -0.25) is 4.68 Å². The monoisotopic (exact) mass is 316 g/mol. The van der Waals surface area contributed by atoms with Crippen LogP contribution in [0.25, 0.3) is 0 Å². The van der Waals surface area contributed by atoms with E-state index in [1.165, 1.54) is 5.56 Å². The van der Waals surface area contributed by atoms with Crippen LogP contribution in [-0.2, 0) is 6.54 Å². The number of thiocarbonyl (C=S) groups is 1. The van der Waals surface area contributed by atoms with Crippen molar-refractivity contribution in [2.45, 2.75) is 46.7 Å². The molecule has 22 heavy (non-hydrogen) atoms. The predicted molar refractivity (Wildman–Crippen MR) is 96.4 cm³/mol. The van der Waals surface area contributed by atoms with Crippen molar-refractivity contribution in [3.8, 4) is 0 Å². The van der Waals surface area contributed by atoms with Gasteiger partial charge in [0, 0.05) is 6.04 Å². The van der Waals surface area contributed by atoms with Crippen molar-refractivity contribution in [1.29, 1.82) is 0 Å². The van der Waals surface area contributed by atoms with Crippen LogP contribution in [0.3, 0.4) is 0 Å². The summed E-state index contributed by atoms with van der Waals surface area (Å²) in [7, 11) is 0. The average molecular weight is 316 g/mol. The maximum Gasteiger partial charge on any atom is 0.171 e. The molecule has 0 radical (unpaired) electrons. The first kappa shape index (κ1) is 16.5. The molecule has 4 nitrogen and oxygen atoms in total. The van der Waals surface area contributed by atoms with Crippen molar-refractivity contribution in [1.82, 2.24) is 15.1 Å². The Morgan fingerprint density at radius 3 is 2.59 bits per heavy atom. The summed E-state index contributed by atoms with van der Waals surface area (Å²) >= 11 is 5.38. The zero-order chi connectivity index (χ0) is 16.1. The molecule has 0 aliphatic heterocycles. The fraction of sp³-hybridized carbons (Fsp3) is 0.412. The van der Waals surface area contributed by atoms with E-state index in [1.54, 1.807) is 0 Å². The topological polar surface area (TPSA) is 41.9 Å². The molecule has 0 saturated carbocycles. The normalized spacial score (nSPS) is 12.0. The minimum atomic E-state index is 0.361. The fourth-order valence-electron chi connectivity index (χ4n) is 2.26. The van der Waals surface area contributed by atoms with Crippen molar-refractivity contribution in [3.63, 3.8) is 0 Å². The Morgan fingerprint density at radius 1 is 1.27 bits per heavy atom. The Morgan fingerprint density at radius 2 is 1.95 bits per heavy atom. The van der Waals surface area contributed by atoms with Gasteiger partial charge in [-0.2, -0.15) is 5.10 Å². The highest BCUT2D eigenvalue weighted by Crippen LogP contribution is 2.20. The Hall–Kier alpha value is -1.88. The number of nitrogens with zero attached hydrogens (tertiary/aromatic N) is 2. The Bertz CT molecular complexity index is 634. The van der Waals surface area contributed by atoms with Crippen LogP contribution in [0.2, 0.25) is 0 Å². The molecule has 0 bridgehead atoms. The number of nitrogens with one attached hydrogen (secondary N) is 2. The smallest absolute Gasteiger partial charge is 0.171 e. The first-order chi connectivity index (χ1) is 10.5. The summed E-state index contributed by atoms with van der Waals surface area (Å²) in [5.41, 5.74) is 4.29. The van der Waals surface area contributed by atoms with Gasteiger partial charge in [0.1, 0.15) is 0 Å². The van der Waals surface area contributed by atoms with E-state index in [0.717, 1.165) is 30.0 Å². The third kappa shape index (κ3) is 4.07. The highest BCUT2D eigenvalue weighted by atomic mass is 32.1. The Kier molecular flexibility index (Phi) is 5.55. The van der Waals surface area contributed by atoms with Crippen LogP contribution in [0.5, 0.6) is 0 Å². The first-order valence-corrected chi connectivity index (χ1v) is 8.07. The van der Waals surface area contributed by atoms with Crippen molar-refractivity contribution < 1.29 is 0 Å². The van der Waals surface area contributed by atoms with E-state index < -0.39 is 0 Å². The lowest BCUT2D eigenvalue weighted by molar-refractivity contribution is 0.645. The molecule has 0 saturated heterocycles. The van der Waals surface area contributed by atoms with E-state index in [2.05, 4.69) is 48.6 Å². The number of benzene rings is 1. The summed E-state index contributed by atoms with van der Waals surface area (Å²) in [5.74, 6) is 0. The maximum absolute atomic E-state index is 5.38. The minimum absolute atomic E-state index is 0.361. The number of aromatic nitrogens is 2. The van der Waals surface area contributed by atoms with Crippen molar-refractivity contribution in [3.05, 3.63) is 47.3 Å². The van der Waals surface area contributed by atoms with E-state index >= 15 is 0 Å². The SMILES string of the molecule is CCC(C)NC(=S)Nc1c(C)nn(Cc2ccccc2)c1C. The lowest BCUT2D eigenvalue weighted by atomic mass is 10.2. The highest BCUT2D eigenvalue weighted by molar-refractivity contribution is 7.80. The number of hydrogen-bond acceptors (Lipinski definition) is 2. The van der Waals surface area contributed by atoms with E-state index in [1.807, 2.05) is 29.8 Å². The first-order valence-electron chi connectivity index (χ1n) is 7.66. The third-order valence-corrected chi connectivity index (χ3v) is 4.00. The van der Waals surface area contributed by atoms with Gasteiger partial charge >= 0.3 is 0 Å². The molecular formula is C17H24N4S. The summed E-state index contributed by atoms with van der Waals surface area (Å²) in [4.78, 5) is 0. The van der Waals surface area contributed by atoms with E-state index in [0.29, 0.717) is 11.2 Å². The molecule has 1 aromatic heterocycles. The highest BCUT2D eigenvalue weighted by Gasteiger charge is 2.13. The second-order valence-electron chi connectivity index (χ2n) is 5.60. The molecule has 0 aliphatic rings. The van der Waals surface area contributed by atoms with Gasteiger partial charge in [0.2, 0.25) is 0 Å². The van der Waals surface area contributed by atoms with Gasteiger partial charge < -0.3 is 10.6 Å². The van der Waals surface area contributed by atoms with Crippen LogP contribution in [0.15, 0.2) is 30.3 Å². The van der Waals surface area contributed by atoms with E-state index in [-0.39, 0.29) is 0 Å². The van der Waals surface area contributed by atoms with Gasteiger partial charge in [-0.1, -0.05) is 37.3 Å². The number of aryl methyl sites for hydroxylation is 1. The lowest BCUT2D eigenvalue weighted by Crippen LogP contribution is -2.35. The Balaban J connectivity index is 2.12. The summed E-state index contributed by atoms with van der Waals surface area (Å²) in [6, 6.07) is 10.7. The predicted octanol–water partition coefficient (Wildman–Crippen LogP) is 3.63. The summed E-state index contributed by atoms with van der Waals surface area (Å²) in [6.07, 6.45) is 1.03. The maximum atomic E-state index is 5.38. The van der Waals surface area contributed by atoms with Crippen LogP contribution >= 0.6 is 12.2 Å². The van der Waals surface area contributed by atoms with Crippen LogP contribution in [0.4, 0.5) is 5.69 Å². The lowest BCUT2D eigenvalue weighted by Gasteiger charge is -2.15. The number of rotatable bonds is 5. The number of hydrogen-bond donors (Lipinski definition) is 2. The second-order valence-corrected chi connectivity index (χ2v) is 6.01. The van der Waals surface area contributed by atoms with Crippen LogP contribution in [-0.4, -0.2) is 20.9 Å². The van der Waals surface area contributed by atoms with E-state index in [9.17, 15) is 0 Å². The molecule has 1 aromatic carbocycles. The molecule has 1 heterocycles. The summed E-state index contributed by atoms with van der Waals surface area (Å²) in [6.45, 7) is 9.09. The molecule has 0 spiro atoms. The van der Waals surface area contributed by atoms with Crippen molar-refractivity contribution >= 4 is 23.0 Å². The molecule has 5 heteroatoms. The molecule has 118 valence electrons. The molecule has 1 atom stereocenters. The molecule has 0 aliphatic carbocycles. The molecule has 2 rings (SSSR count). The quantitative estimate of drug-likeness (QED) is 0.827. The van der Waals surface area contributed by atoms with Crippen LogP contribution in [0, 0.1) is 13.8 Å². The van der Waals surface area contributed by atoms with Gasteiger partial charge in [-0.25, -0.2) is 0 Å². The third-order valence-electron chi connectivity index (χ3n) is 3.79. The van der Waals surface area contributed by atoms with Crippen LogP contribution in [0.1, 0.15) is 37.2 Å². The van der Waals surface area contributed by atoms with Crippen molar-refractivity contribution in [2.75, 3.05) is 5.32 Å². The van der Waals surface area contributed by atoms with Gasteiger partial charge in [0.25, 0.3) is 0 Å². The zero-order valence-corrected chi connectivity index (χ0v) is 14.5. The van der Waals surface area contributed by atoms with Crippen molar-refractivity contribution in [2.24, 2.45) is 0 Å². The Labute approximate surface area is 137 Å². The van der Waals surface area contributed by atoms with Gasteiger partial charge in [0.15, 0.2) is 5.11 Å². The molecular weight excluding hydrogens is 292 g/mol. The standard InChI is InChI=1S/C17H24N4S/c1-5-12(2)18-17(22)19-16-13(3)20-21(14(16)4)11-15-9-7-6-8-10-15/h6-10,12H,5,11H2,1-4H3,(H2,18,19,22). The largest absolute Gasteiger partial charge is 0.360 e.